The first kappa shape index (κ1) is 27.9. The van der Waals surface area contributed by atoms with Gasteiger partial charge in [0.15, 0.2) is 0 Å². The predicted molar refractivity (Wildman–Crippen MR) is 224 cm³/mol. The highest BCUT2D eigenvalue weighted by Gasteiger charge is 2.53. The van der Waals surface area contributed by atoms with E-state index in [1.54, 1.807) is 0 Å². The van der Waals surface area contributed by atoms with Crippen LogP contribution in [-0.4, -0.2) is 0 Å². The standard InChI is InChI=1S/C53H30/c1-3-16-42-38(12-1)39-13-2-4-17-44(39)52-51(42)45-29-34-22-23-35(37-26-24-33-21-20-31-10-9-11-32-25-27-43(37)50(33)49(31)32)28-36(34)30-48(45)53(52)46-18-7-5-14-40(46)41-15-6-8-19-47(41)53/h1-30H. The van der Waals surface area contributed by atoms with Crippen molar-refractivity contribution in [1.82, 2.24) is 0 Å². The summed E-state index contributed by atoms with van der Waals surface area (Å²) >= 11 is 0. The van der Waals surface area contributed by atoms with Crippen LogP contribution in [0.25, 0.3) is 98.0 Å². The number of fused-ring (bicyclic) bond motifs is 16. The second-order valence-corrected chi connectivity index (χ2v) is 15.1. The monoisotopic (exact) mass is 666 g/mol. The molecule has 2 aliphatic rings. The second-order valence-electron chi connectivity index (χ2n) is 15.1. The molecule has 0 heterocycles. The maximum Gasteiger partial charge on any atom is 0.0731 e. The number of hydrogen-bond donors (Lipinski definition) is 0. The molecule has 0 aliphatic heterocycles. The molecule has 0 atom stereocenters. The lowest BCUT2D eigenvalue weighted by atomic mass is 9.69. The van der Waals surface area contributed by atoms with E-state index in [0.717, 1.165) is 0 Å². The summed E-state index contributed by atoms with van der Waals surface area (Å²) in [5.74, 6) is 0. The summed E-state index contributed by atoms with van der Waals surface area (Å²) in [5, 5.41) is 15.8. The minimum atomic E-state index is -0.446. The van der Waals surface area contributed by atoms with Crippen LogP contribution in [0.3, 0.4) is 0 Å². The van der Waals surface area contributed by atoms with Crippen molar-refractivity contribution in [2.24, 2.45) is 0 Å². The van der Waals surface area contributed by atoms with Crippen LogP contribution in [0.2, 0.25) is 0 Å². The molecular formula is C53H30. The van der Waals surface area contributed by atoms with Crippen LogP contribution in [-0.2, 0) is 5.41 Å². The molecule has 1 spiro atoms. The van der Waals surface area contributed by atoms with Gasteiger partial charge in [-0.3, -0.25) is 0 Å². The molecule has 0 aromatic heterocycles. The average Bonchev–Trinajstić information content (AvgIpc) is 3.69. The van der Waals surface area contributed by atoms with Gasteiger partial charge in [-0.1, -0.05) is 164 Å². The van der Waals surface area contributed by atoms with Crippen molar-refractivity contribution in [3.05, 3.63) is 204 Å². The van der Waals surface area contributed by atoms with Crippen molar-refractivity contribution < 1.29 is 0 Å². The molecule has 242 valence electrons. The Balaban J connectivity index is 1.16. The molecule has 53 heavy (non-hydrogen) atoms. The first-order valence-electron chi connectivity index (χ1n) is 18.7. The Kier molecular flexibility index (Phi) is 5.14. The summed E-state index contributed by atoms with van der Waals surface area (Å²) in [5.41, 5.74) is 13.0. The molecule has 0 nitrogen and oxygen atoms in total. The summed E-state index contributed by atoms with van der Waals surface area (Å²) in [6.45, 7) is 0. The zero-order valence-corrected chi connectivity index (χ0v) is 28.8. The van der Waals surface area contributed by atoms with Crippen LogP contribution >= 0.6 is 0 Å². The third-order valence-electron chi connectivity index (χ3n) is 12.7. The maximum atomic E-state index is 2.55. The molecule has 13 rings (SSSR count). The van der Waals surface area contributed by atoms with Gasteiger partial charge < -0.3 is 0 Å². The zero-order chi connectivity index (χ0) is 34.4. The molecule has 0 amide bonds. The number of hydrogen-bond acceptors (Lipinski definition) is 0. The molecule has 11 aromatic carbocycles. The average molecular weight is 667 g/mol. The van der Waals surface area contributed by atoms with Gasteiger partial charge in [0.05, 0.1) is 5.41 Å². The van der Waals surface area contributed by atoms with Crippen molar-refractivity contribution in [2.45, 2.75) is 5.41 Å². The number of benzene rings is 11. The highest BCUT2D eigenvalue weighted by atomic mass is 14.5. The first-order valence-corrected chi connectivity index (χ1v) is 18.7. The van der Waals surface area contributed by atoms with Gasteiger partial charge in [0.1, 0.15) is 0 Å². The number of rotatable bonds is 1. The van der Waals surface area contributed by atoms with Gasteiger partial charge in [-0.05, 0) is 138 Å². The van der Waals surface area contributed by atoms with E-state index in [4.69, 9.17) is 0 Å². The smallest absolute Gasteiger partial charge is 0.0619 e. The Morgan fingerprint density at radius 2 is 0.868 bits per heavy atom. The van der Waals surface area contributed by atoms with Crippen LogP contribution in [0.1, 0.15) is 22.3 Å². The van der Waals surface area contributed by atoms with E-state index in [1.807, 2.05) is 0 Å². The lowest BCUT2D eigenvalue weighted by Crippen LogP contribution is -2.26. The normalized spacial score (nSPS) is 13.8. The Morgan fingerprint density at radius 1 is 0.283 bits per heavy atom. The van der Waals surface area contributed by atoms with Crippen LogP contribution in [0.4, 0.5) is 0 Å². The fourth-order valence-electron chi connectivity index (χ4n) is 10.7. The molecule has 0 radical (unpaired) electrons. The van der Waals surface area contributed by atoms with Crippen LogP contribution < -0.4 is 0 Å². The van der Waals surface area contributed by atoms with Gasteiger partial charge in [-0.15, -0.1) is 0 Å². The van der Waals surface area contributed by atoms with E-state index in [2.05, 4.69) is 182 Å². The SMILES string of the molecule is c1ccc2c(c1)-c1ccccc1C21c2cc3cc(-c4ccc5ccc6cccc7ccc4c5c67)ccc3cc2-c2c1c1ccccc1c1ccccc21. The van der Waals surface area contributed by atoms with Gasteiger partial charge in [0, 0.05) is 0 Å². The first-order chi connectivity index (χ1) is 26.3. The molecule has 2 aliphatic carbocycles. The third kappa shape index (κ3) is 3.34. The van der Waals surface area contributed by atoms with Crippen molar-refractivity contribution in [1.29, 1.82) is 0 Å². The molecule has 0 heteroatoms. The van der Waals surface area contributed by atoms with E-state index in [9.17, 15) is 0 Å². The topological polar surface area (TPSA) is 0 Å². The van der Waals surface area contributed by atoms with Gasteiger partial charge in [-0.25, -0.2) is 0 Å². The van der Waals surface area contributed by atoms with Gasteiger partial charge in [0.25, 0.3) is 0 Å². The van der Waals surface area contributed by atoms with Crippen LogP contribution in [0, 0.1) is 0 Å². The second kappa shape index (κ2) is 9.76. The van der Waals surface area contributed by atoms with Crippen LogP contribution in [0.15, 0.2) is 182 Å². The zero-order valence-electron chi connectivity index (χ0n) is 28.8. The summed E-state index contributed by atoms with van der Waals surface area (Å²) in [4.78, 5) is 0. The fraction of sp³-hybridized carbons (Fsp3) is 0.0189. The Morgan fingerprint density at radius 3 is 1.62 bits per heavy atom. The molecule has 0 saturated heterocycles. The van der Waals surface area contributed by atoms with Crippen molar-refractivity contribution in [3.8, 4) is 33.4 Å². The molecule has 0 N–H and O–H groups in total. The van der Waals surface area contributed by atoms with E-state index >= 15 is 0 Å². The van der Waals surface area contributed by atoms with E-state index in [1.165, 1.54) is 120 Å². The summed E-state index contributed by atoms with van der Waals surface area (Å²) < 4.78 is 0. The molecule has 0 fully saturated rings. The van der Waals surface area contributed by atoms with Crippen LogP contribution in [0.5, 0.6) is 0 Å². The quantitative estimate of drug-likeness (QED) is 0.153. The Hall–Kier alpha value is -6.76. The molecule has 11 aromatic rings. The highest BCUT2D eigenvalue weighted by Crippen LogP contribution is 2.65. The summed E-state index contributed by atoms with van der Waals surface area (Å²) in [6.07, 6.45) is 0. The molecule has 0 bridgehead atoms. The Bertz CT molecular complexity index is 3340. The minimum Gasteiger partial charge on any atom is -0.0619 e. The third-order valence-corrected chi connectivity index (χ3v) is 12.7. The van der Waals surface area contributed by atoms with Gasteiger partial charge in [0.2, 0.25) is 0 Å². The van der Waals surface area contributed by atoms with E-state index in [0.29, 0.717) is 0 Å². The minimum absolute atomic E-state index is 0.446. The molecular weight excluding hydrogens is 637 g/mol. The lowest BCUT2D eigenvalue weighted by Gasteiger charge is -2.32. The molecule has 0 saturated carbocycles. The van der Waals surface area contributed by atoms with Crippen molar-refractivity contribution in [2.75, 3.05) is 0 Å². The predicted octanol–water partition coefficient (Wildman–Crippen LogP) is 14.1. The summed E-state index contributed by atoms with van der Waals surface area (Å²) in [7, 11) is 0. The van der Waals surface area contributed by atoms with Crippen molar-refractivity contribution in [3.63, 3.8) is 0 Å². The van der Waals surface area contributed by atoms with Gasteiger partial charge >= 0.3 is 0 Å². The maximum absolute atomic E-state index is 2.55. The Labute approximate surface area is 306 Å². The van der Waals surface area contributed by atoms with E-state index < -0.39 is 5.41 Å². The fourth-order valence-corrected chi connectivity index (χ4v) is 10.7. The van der Waals surface area contributed by atoms with Gasteiger partial charge in [-0.2, -0.15) is 0 Å². The largest absolute Gasteiger partial charge is 0.0731 e. The van der Waals surface area contributed by atoms with E-state index in [-0.39, 0.29) is 0 Å². The molecule has 0 unspecified atom stereocenters. The summed E-state index contributed by atoms with van der Waals surface area (Å²) in [6, 6.07) is 69.1. The highest BCUT2D eigenvalue weighted by molar-refractivity contribution is 6.26. The van der Waals surface area contributed by atoms with Crippen molar-refractivity contribution >= 4 is 64.6 Å². The lowest BCUT2D eigenvalue weighted by molar-refractivity contribution is 0.803.